The molecule has 0 radical (unpaired) electrons. The van der Waals surface area contributed by atoms with E-state index in [1.165, 1.54) is 0 Å². The Morgan fingerprint density at radius 3 is 1.00 bits per heavy atom. The van der Waals surface area contributed by atoms with Crippen LogP contribution in [0.4, 0.5) is 0 Å². The predicted octanol–water partition coefficient (Wildman–Crippen LogP) is 4.59. The molecular weight excluding hydrogens is 297 g/mol. The Balaban J connectivity index is -0.000000333. The van der Waals surface area contributed by atoms with Crippen molar-refractivity contribution >= 4 is 23.1 Å². The molecule has 136 valence electrons. The van der Waals surface area contributed by atoms with E-state index >= 15 is 0 Å². The van der Waals surface area contributed by atoms with Gasteiger partial charge in [0.25, 0.3) is 0 Å². The minimum Gasteiger partial charge on any atom is -0.849 e. The van der Waals surface area contributed by atoms with E-state index in [1.807, 2.05) is 13.8 Å². The minimum absolute atomic E-state index is 0. The second-order valence-electron chi connectivity index (χ2n) is 6.78. The summed E-state index contributed by atoms with van der Waals surface area (Å²) in [6, 6.07) is 0. The van der Waals surface area contributed by atoms with Crippen LogP contribution in [0.15, 0.2) is 0 Å². The number of hydrogen-bond donors (Lipinski definition) is 0. The summed E-state index contributed by atoms with van der Waals surface area (Å²) < 4.78 is 0. The molecule has 0 aliphatic heterocycles. The molecule has 0 amide bonds. The second-order valence-corrected chi connectivity index (χ2v) is 6.78. The summed E-state index contributed by atoms with van der Waals surface area (Å²) in [5.74, 6) is 0. The standard InChI is InChI=1S/2C10H21O.Mg/c2*1-4-7-9-10(11,6-3)8-5-2;/h2*4-9H2,1-3H3;/q2*-1;+2. The van der Waals surface area contributed by atoms with Gasteiger partial charge in [-0.05, 0) is 0 Å². The predicted molar refractivity (Wildman–Crippen MR) is 101 cm³/mol. The van der Waals surface area contributed by atoms with Gasteiger partial charge >= 0.3 is 23.1 Å². The summed E-state index contributed by atoms with van der Waals surface area (Å²) >= 11 is 0. The van der Waals surface area contributed by atoms with Gasteiger partial charge in [-0.1, -0.05) is 119 Å². The van der Waals surface area contributed by atoms with Crippen molar-refractivity contribution < 1.29 is 10.2 Å². The first-order chi connectivity index (χ1) is 10.4. The van der Waals surface area contributed by atoms with Gasteiger partial charge in [0, 0.05) is 0 Å². The SMILES string of the molecule is CCCCC([O-])(CC)CCC.CCCCC([O-])(CC)CCC.[Mg+2]. The molecule has 0 aromatic rings. The molecule has 0 aliphatic carbocycles. The zero-order valence-corrected chi connectivity index (χ0v) is 18.4. The molecule has 0 saturated carbocycles. The smallest absolute Gasteiger partial charge is 0.849 e. The maximum Gasteiger partial charge on any atom is 2.00 e. The molecule has 0 fully saturated rings. The number of unbranched alkanes of at least 4 members (excludes halogenated alkanes) is 2. The van der Waals surface area contributed by atoms with Crippen molar-refractivity contribution in [3.8, 4) is 0 Å². The Hall–Kier alpha value is 0.686. The Morgan fingerprint density at radius 2 is 0.826 bits per heavy atom. The topological polar surface area (TPSA) is 46.1 Å². The maximum atomic E-state index is 11.8. The summed E-state index contributed by atoms with van der Waals surface area (Å²) in [5, 5.41) is 23.7. The molecule has 0 spiro atoms. The van der Waals surface area contributed by atoms with Crippen molar-refractivity contribution in [2.45, 2.75) is 130 Å². The summed E-state index contributed by atoms with van der Waals surface area (Å²) in [5.41, 5.74) is -1.21. The molecule has 23 heavy (non-hydrogen) atoms. The van der Waals surface area contributed by atoms with E-state index in [0.29, 0.717) is 0 Å². The van der Waals surface area contributed by atoms with E-state index < -0.39 is 11.2 Å². The molecule has 0 heterocycles. The van der Waals surface area contributed by atoms with Crippen molar-refractivity contribution in [2.24, 2.45) is 0 Å². The molecule has 0 N–H and O–H groups in total. The van der Waals surface area contributed by atoms with Gasteiger partial charge in [0.15, 0.2) is 0 Å². The Labute approximate surface area is 163 Å². The Kier molecular flexibility index (Phi) is 21.7. The molecule has 0 aromatic heterocycles. The van der Waals surface area contributed by atoms with E-state index in [1.54, 1.807) is 0 Å². The van der Waals surface area contributed by atoms with Crippen LogP contribution >= 0.6 is 0 Å². The van der Waals surface area contributed by atoms with Crippen LogP contribution in [0, 0.1) is 0 Å². The van der Waals surface area contributed by atoms with Crippen molar-refractivity contribution in [3.05, 3.63) is 0 Å². The first kappa shape index (κ1) is 28.5. The zero-order chi connectivity index (χ0) is 17.5. The molecule has 2 atom stereocenters. The van der Waals surface area contributed by atoms with Gasteiger partial charge in [0.2, 0.25) is 0 Å². The molecule has 0 aliphatic rings. The first-order valence-electron chi connectivity index (χ1n) is 9.77. The summed E-state index contributed by atoms with van der Waals surface area (Å²) in [6.07, 6.45) is 11.6. The molecule has 0 aromatic carbocycles. The second kappa shape index (κ2) is 17.5. The fourth-order valence-electron chi connectivity index (χ4n) is 2.87. The largest absolute Gasteiger partial charge is 2.00 e. The third-order valence-corrected chi connectivity index (χ3v) is 4.67. The molecule has 2 nitrogen and oxygen atoms in total. The van der Waals surface area contributed by atoms with Crippen LogP contribution in [0.5, 0.6) is 0 Å². The van der Waals surface area contributed by atoms with Crippen molar-refractivity contribution in [1.29, 1.82) is 0 Å². The molecule has 0 rings (SSSR count). The molecule has 0 saturated heterocycles. The van der Waals surface area contributed by atoms with Crippen LogP contribution < -0.4 is 10.2 Å². The van der Waals surface area contributed by atoms with Crippen LogP contribution in [0.1, 0.15) is 119 Å². The van der Waals surface area contributed by atoms with E-state index in [-0.39, 0.29) is 23.1 Å². The van der Waals surface area contributed by atoms with E-state index in [9.17, 15) is 10.2 Å². The van der Waals surface area contributed by atoms with Crippen LogP contribution in [-0.2, 0) is 0 Å². The molecule has 3 heteroatoms. The fourth-order valence-corrected chi connectivity index (χ4v) is 2.87. The first-order valence-corrected chi connectivity index (χ1v) is 9.77. The maximum absolute atomic E-state index is 11.8. The quantitative estimate of drug-likeness (QED) is 0.488. The zero-order valence-electron chi connectivity index (χ0n) is 17.0. The van der Waals surface area contributed by atoms with Gasteiger partial charge in [-0.25, -0.2) is 0 Å². The fraction of sp³-hybridized carbons (Fsp3) is 1.00. The molecule has 2 unspecified atom stereocenters. The van der Waals surface area contributed by atoms with Crippen molar-refractivity contribution in [2.75, 3.05) is 0 Å². The molecule has 0 bridgehead atoms. The molecular formula is C20H42MgO2. The van der Waals surface area contributed by atoms with Gasteiger partial charge in [0.1, 0.15) is 0 Å². The third-order valence-electron chi connectivity index (χ3n) is 4.67. The van der Waals surface area contributed by atoms with Gasteiger partial charge in [0.05, 0.1) is 0 Å². The summed E-state index contributed by atoms with van der Waals surface area (Å²) in [6.45, 7) is 12.5. The summed E-state index contributed by atoms with van der Waals surface area (Å²) in [7, 11) is 0. The van der Waals surface area contributed by atoms with Gasteiger partial charge in [-0.3, -0.25) is 0 Å². The van der Waals surface area contributed by atoms with Crippen LogP contribution in [0.2, 0.25) is 0 Å². The van der Waals surface area contributed by atoms with Crippen LogP contribution in [-0.4, -0.2) is 34.3 Å². The van der Waals surface area contributed by atoms with Crippen molar-refractivity contribution in [3.63, 3.8) is 0 Å². The van der Waals surface area contributed by atoms with Gasteiger partial charge < -0.3 is 10.2 Å². The van der Waals surface area contributed by atoms with Gasteiger partial charge in [-0.2, -0.15) is 0 Å². The summed E-state index contributed by atoms with van der Waals surface area (Å²) in [4.78, 5) is 0. The van der Waals surface area contributed by atoms with Crippen LogP contribution in [0.3, 0.4) is 0 Å². The number of rotatable bonds is 12. The van der Waals surface area contributed by atoms with E-state index in [0.717, 1.165) is 77.0 Å². The van der Waals surface area contributed by atoms with E-state index in [4.69, 9.17) is 0 Å². The number of hydrogen-bond acceptors (Lipinski definition) is 2. The minimum atomic E-state index is -0.606. The Morgan fingerprint density at radius 1 is 0.522 bits per heavy atom. The average molecular weight is 339 g/mol. The van der Waals surface area contributed by atoms with Gasteiger partial charge in [-0.15, -0.1) is 11.2 Å². The Bertz CT molecular complexity index is 212. The monoisotopic (exact) mass is 338 g/mol. The van der Waals surface area contributed by atoms with Crippen molar-refractivity contribution in [1.82, 2.24) is 0 Å². The van der Waals surface area contributed by atoms with Crippen LogP contribution in [0.25, 0.3) is 0 Å². The van der Waals surface area contributed by atoms with E-state index in [2.05, 4.69) is 27.7 Å². The third kappa shape index (κ3) is 15.9. The normalized spacial score (nSPS) is 15.7. The average Bonchev–Trinajstić information content (AvgIpc) is 2.52.